The van der Waals surface area contributed by atoms with E-state index in [-0.39, 0.29) is 18.3 Å². The van der Waals surface area contributed by atoms with E-state index in [0.717, 1.165) is 16.8 Å². The van der Waals surface area contributed by atoms with Gasteiger partial charge in [0.25, 0.3) is 5.91 Å². The van der Waals surface area contributed by atoms with Gasteiger partial charge in [0.2, 0.25) is 0 Å². The Labute approximate surface area is 212 Å². The van der Waals surface area contributed by atoms with Crippen LogP contribution in [-0.2, 0) is 13.2 Å². The lowest BCUT2D eigenvalue weighted by Gasteiger charge is -2.09. The first-order chi connectivity index (χ1) is 16.2. The first kappa shape index (κ1) is 24.2. The van der Waals surface area contributed by atoms with Crippen LogP contribution in [0.3, 0.4) is 0 Å². The van der Waals surface area contributed by atoms with Crippen molar-refractivity contribution in [2.45, 2.75) is 33.9 Å². The molecule has 4 rings (SSSR count). The smallest absolute Gasteiger partial charge is 0.291 e. The van der Waals surface area contributed by atoms with Crippen LogP contribution in [0.2, 0.25) is 15.1 Å². The van der Waals surface area contributed by atoms with Gasteiger partial charge in [0.1, 0.15) is 18.1 Å². The molecule has 1 N–H and O–H groups in total. The number of rotatable bonds is 7. The van der Waals surface area contributed by atoms with E-state index in [1.807, 2.05) is 26.8 Å². The van der Waals surface area contributed by atoms with Crippen molar-refractivity contribution < 1.29 is 13.9 Å². The number of nitrogens with zero attached hydrogens (tertiary/aromatic N) is 2. The van der Waals surface area contributed by atoms with Crippen LogP contribution in [-0.4, -0.2) is 15.7 Å². The molecular formula is C25H22Cl3N3O3. The fourth-order valence-corrected chi connectivity index (χ4v) is 4.28. The van der Waals surface area contributed by atoms with Crippen molar-refractivity contribution in [3.05, 3.63) is 97.6 Å². The Bertz CT molecular complexity index is 1340. The summed E-state index contributed by atoms with van der Waals surface area (Å²) in [6.45, 7) is 6.17. The minimum atomic E-state index is -0.379. The molecule has 2 aromatic heterocycles. The van der Waals surface area contributed by atoms with Crippen molar-refractivity contribution in [3.63, 3.8) is 0 Å². The Morgan fingerprint density at radius 3 is 2.50 bits per heavy atom. The molecule has 0 aliphatic heterocycles. The van der Waals surface area contributed by atoms with Crippen LogP contribution >= 0.6 is 34.8 Å². The molecule has 0 bridgehead atoms. The van der Waals surface area contributed by atoms with Crippen LogP contribution in [0.5, 0.6) is 5.75 Å². The molecule has 0 radical (unpaired) electrons. The highest BCUT2D eigenvalue weighted by molar-refractivity contribution is 6.36. The average Bonchev–Trinajstić information content (AvgIpc) is 3.36. The molecule has 1 amide bonds. The maximum Gasteiger partial charge on any atom is 0.291 e. The number of hydrogen-bond acceptors (Lipinski definition) is 4. The molecule has 4 aromatic rings. The zero-order chi connectivity index (χ0) is 24.4. The number of nitrogens with one attached hydrogen (secondary N) is 1. The van der Waals surface area contributed by atoms with E-state index >= 15 is 0 Å². The van der Waals surface area contributed by atoms with Gasteiger partial charge in [-0.25, -0.2) is 0 Å². The minimum Gasteiger partial charge on any atom is -0.485 e. The van der Waals surface area contributed by atoms with Gasteiger partial charge < -0.3 is 14.5 Å². The van der Waals surface area contributed by atoms with E-state index in [9.17, 15) is 4.79 Å². The maximum atomic E-state index is 12.8. The highest BCUT2D eigenvalue weighted by Gasteiger charge is 2.19. The van der Waals surface area contributed by atoms with Gasteiger partial charge in [0.15, 0.2) is 5.76 Å². The van der Waals surface area contributed by atoms with Crippen LogP contribution in [0.1, 0.15) is 38.8 Å². The Morgan fingerprint density at radius 1 is 1.06 bits per heavy atom. The number of benzene rings is 2. The summed E-state index contributed by atoms with van der Waals surface area (Å²) in [5.74, 6) is 1.02. The molecule has 34 heavy (non-hydrogen) atoms. The molecule has 0 atom stereocenters. The third-order valence-electron chi connectivity index (χ3n) is 5.38. The van der Waals surface area contributed by atoms with Crippen LogP contribution in [0.15, 0.2) is 52.9 Å². The third-order valence-corrected chi connectivity index (χ3v) is 6.33. The van der Waals surface area contributed by atoms with Gasteiger partial charge in [-0.2, -0.15) is 5.10 Å². The highest BCUT2D eigenvalue weighted by atomic mass is 35.5. The molecule has 2 heterocycles. The molecule has 0 saturated heterocycles. The van der Waals surface area contributed by atoms with E-state index in [2.05, 4.69) is 10.4 Å². The predicted octanol–water partition coefficient (Wildman–Crippen LogP) is 7.24. The highest BCUT2D eigenvalue weighted by Crippen LogP contribution is 2.28. The predicted molar refractivity (Wildman–Crippen MR) is 134 cm³/mol. The Morgan fingerprint density at radius 2 is 1.79 bits per heavy atom. The number of carbonyl (C=O) groups is 1. The van der Waals surface area contributed by atoms with Gasteiger partial charge in [-0.3, -0.25) is 9.48 Å². The summed E-state index contributed by atoms with van der Waals surface area (Å²) in [5, 5.41) is 9.20. The minimum absolute atomic E-state index is 0.173. The standard InChI is InChI=1S/C25H22Cl3N3O3/c1-14-11-17(26)7-9-22(14)33-13-18-8-10-23(34-18)25(32)29-24-15(2)30-31(16(24)3)12-19-20(27)5-4-6-21(19)28/h4-11H,12-13H2,1-3H3,(H,29,32). The number of hydrogen-bond donors (Lipinski definition) is 1. The lowest BCUT2D eigenvalue weighted by Crippen LogP contribution is -2.12. The summed E-state index contributed by atoms with van der Waals surface area (Å²) < 4.78 is 13.2. The molecule has 2 aromatic carbocycles. The van der Waals surface area contributed by atoms with E-state index in [4.69, 9.17) is 44.0 Å². The normalized spacial score (nSPS) is 11.0. The zero-order valence-corrected chi connectivity index (χ0v) is 21.1. The third kappa shape index (κ3) is 5.25. The number of anilines is 1. The molecule has 0 aliphatic rings. The summed E-state index contributed by atoms with van der Waals surface area (Å²) in [7, 11) is 0. The second kappa shape index (κ2) is 10.1. The number of aryl methyl sites for hydroxylation is 2. The summed E-state index contributed by atoms with van der Waals surface area (Å²) in [5.41, 5.74) is 3.73. The summed E-state index contributed by atoms with van der Waals surface area (Å²) in [4.78, 5) is 12.8. The summed E-state index contributed by atoms with van der Waals surface area (Å²) >= 11 is 18.6. The van der Waals surface area contributed by atoms with E-state index < -0.39 is 0 Å². The average molecular weight is 519 g/mol. The molecule has 0 fully saturated rings. The van der Waals surface area contributed by atoms with E-state index in [1.165, 1.54) is 0 Å². The molecule has 0 aliphatic carbocycles. The number of halogens is 3. The van der Waals surface area contributed by atoms with Crippen molar-refractivity contribution in [1.82, 2.24) is 9.78 Å². The van der Waals surface area contributed by atoms with Gasteiger partial charge >= 0.3 is 0 Å². The van der Waals surface area contributed by atoms with Crippen LogP contribution in [0.4, 0.5) is 5.69 Å². The van der Waals surface area contributed by atoms with E-state index in [1.54, 1.807) is 47.1 Å². The molecule has 0 spiro atoms. The lowest BCUT2D eigenvalue weighted by atomic mass is 10.2. The first-order valence-electron chi connectivity index (χ1n) is 10.5. The molecule has 176 valence electrons. The maximum absolute atomic E-state index is 12.8. The number of aromatic nitrogens is 2. The fraction of sp³-hybridized carbons (Fsp3) is 0.200. The number of ether oxygens (including phenoxy) is 1. The van der Waals surface area contributed by atoms with Crippen LogP contribution in [0, 0.1) is 20.8 Å². The molecule has 0 unspecified atom stereocenters. The molecular weight excluding hydrogens is 497 g/mol. The second-order valence-corrected chi connectivity index (χ2v) is 9.07. The lowest BCUT2D eigenvalue weighted by molar-refractivity contribution is 0.0992. The first-order valence-corrected chi connectivity index (χ1v) is 11.6. The summed E-state index contributed by atoms with van der Waals surface area (Å²) in [6, 6.07) is 14.1. The van der Waals surface area contributed by atoms with Crippen molar-refractivity contribution in [2.75, 3.05) is 5.32 Å². The number of furan rings is 1. The quantitative estimate of drug-likeness (QED) is 0.280. The van der Waals surface area contributed by atoms with Crippen LogP contribution in [0.25, 0.3) is 0 Å². The Hall–Kier alpha value is -2.93. The Kier molecular flexibility index (Phi) is 7.22. The van der Waals surface area contributed by atoms with Gasteiger partial charge in [-0.15, -0.1) is 0 Å². The molecule has 9 heteroatoms. The van der Waals surface area contributed by atoms with Crippen molar-refractivity contribution in [2.24, 2.45) is 0 Å². The van der Waals surface area contributed by atoms with Crippen molar-refractivity contribution in [3.8, 4) is 5.75 Å². The largest absolute Gasteiger partial charge is 0.485 e. The van der Waals surface area contributed by atoms with Gasteiger partial charge in [-0.05, 0) is 68.8 Å². The Balaban J connectivity index is 1.44. The van der Waals surface area contributed by atoms with Gasteiger partial charge in [0, 0.05) is 20.6 Å². The van der Waals surface area contributed by atoms with Crippen LogP contribution < -0.4 is 10.1 Å². The second-order valence-electron chi connectivity index (χ2n) is 7.82. The van der Waals surface area contributed by atoms with E-state index in [0.29, 0.717) is 44.5 Å². The molecule has 6 nitrogen and oxygen atoms in total. The van der Waals surface area contributed by atoms with Gasteiger partial charge in [-0.1, -0.05) is 40.9 Å². The van der Waals surface area contributed by atoms with Crippen molar-refractivity contribution in [1.29, 1.82) is 0 Å². The SMILES string of the molecule is Cc1cc(Cl)ccc1OCc1ccc(C(=O)Nc2c(C)nn(Cc3c(Cl)cccc3Cl)c2C)o1. The van der Waals surface area contributed by atoms with Gasteiger partial charge in [0.05, 0.1) is 23.6 Å². The number of amides is 1. The summed E-state index contributed by atoms with van der Waals surface area (Å²) in [6.07, 6.45) is 0. The molecule has 0 saturated carbocycles. The topological polar surface area (TPSA) is 69.3 Å². The number of carbonyl (C=O) groups excluding carboxylic acids is 1. The monoisotopic (exact) mass is 517 g/mol. The zero-order valence-electron chi connectivity index (χ0n) is 18.8. The fourth-order valence-electron chi connectivity index (χ4n) is 3.54. The van der Waals surface area contributed by atoms with Crippen molar-refractivity contribution >= 4 is 46.4 Å².